The van der Waals surface area contributed by atoms with Crippen molar-refractivity contribution >= 4 is 18.2 Å². The molecule has 1 N–H and O–H groups in total. The molecule has 0 fully saturated rings. The smallest absolute Gasteiger partial charge is 0.303 e. The van der Waals surface area contributed by atoms with E-state index in [-0.39, 0.29) is 25.4 Å². The number of esters is 2. The van der Waals surface area contributed by atoms with E-state index in [1.165, 1.54) is 13.8 Å². The predicted octanol–water partition coefficient (Wildman–Crippen LogP) is 2.33. The molecule has 0 radical (unpaired) electrons. The molecule has 36 heavy (non-hydrogen) atoms. The highest BCUT2D eigenvalue weighted by atomic mass is 16.6. The molecule has 1 aromatic heterocycles. The van der Waals surface area contributed by atoms with Gasteiger partial charge in [0.1, 0.15) is 24.5 Å². The van der Waals surface area contributed by atoms with E-state index >= 15 is 0 Å². The van der Waals surface area contributed by atoms with Gasteiger partial charge in [-0.1, -0.05) is 46.8 Å². The summed E-state index contributed by atoms with van der Waals surface area (Å²) < 4.78 is 17.8. The van der Waals surface area contributed by atoms with Crippen LogP contribution in [0.2, 0.25) is 0 Å². The first-order chi connectivity index (χ1) is 17.4. The van der Waals surface area contributed by atoms with Crippen LogP contribution in [0.25, 0.3) is 0 Å². The summed E-state index contributed by atoms with van der Waals surface area (Å²) in [6.45, 7) is 4.30. The molecule has 11 nitrogen and oxygen atoms in total. The van der Waals surface area contributed by atoms with Gasteiger partial charge in [0.2, 0.25) is 0 Å². The Hall–Kier alpha value is -3.57. The Morgan fingerprint density at radius 1 is 1.22 bits per heavy atom. The fraction of sp³-hybridized carbons (Fsp3) is 0.480. The first kappa shape index (κ1) is 27.0. The zero-order valence-corrected chi connectivity index (χ0v) is 20.6. The standard InChI is InChI=1S/C25H32N4O7/c1-17(23-14-29(28-27-23)21(15-30)13-20-7-5-4-6-8-20)36-26-12-11-22-9-10-24(34-19(3)32)25(35-22)16-33-18(2)31/h4-10,12,14,17,21-22,24-25,30H,11,13,15-16H2,1-3H3/b26-12-/t17-,21-,22-,24-,25-/m0/s1. The number of carbonyl (C=O) groups excluding carboxylic acids is 2. The summed E-state index contributed by atoms with van der Waals surface area (Å²) in [6, 6.07) is 9.62. The lowest BCUT2D eigenvalue weighted by Gasteiger charge is -2.31. The van der Waals surface area contributed by atoms with Gasteiger partial charge in [-0.25, -0.2) is 4.68 Å². The van der Waals surface area contributed by atoms with Crippen molar-refractivity contribution in [3.63, 3.8) is 0 Å². The summed E-state index contributed by atoms with van der Waals surface area (Å²) in [7, 11) is 0. The number of oxime groups is 1. The fourth-order valence-electron chi connectivity index (χ4n) is 3.60. The van der Waals surface area contributed by atoms with E-state index < -0.39 is 30.3 Å². The van der Waals surface area contributed by atoms with E-state index in [4.69, 9.17) is 19.0 Å². The normalized spacial score (nSPS) is 21.2. The van der Waals surface area contributed by atoms with E-state index in [0.717, 1.165) is 5.56 Å². The van der Waals surface area contributed by atoms with Crippen LogP contribution in [0.3, 0.4) is 0 Å². The lowest BCUT2D eigenvalue weighted by Crippen LogP contribution is -2.41. The van der Waals surface area contributed by atoms with Crippen LogP contribution < -0.4 is 0 Å². The maximum atomic E-state index is 11.3. The number of aliphatic hydroxyl groups excluding tert-OH is 1. The molecule has 0 unspecified atom stereocenters. The zero-order chi connectivity index (χ0) is 25.9. The number of nitrogens with zero attached hydrogens (tertiary/aromatic N) is 4. The molecular weight excluding hydrogens is 468 g/mol. The molecule has 11 heteroatoms. The fourth-order valence-corrected chi connectivity index (χ4v) is 3.60. The van der Waals surface area contributed by atoms with Crippen LogP contribution >= 0.6 is 0 Å². The SMILES string of the molecule is CC(=O)OC[C@@H]1O[C@H](C/C=N\O[C@@H](C)c2cn([C@H](CO)Cc3ccccc3)nn2)C=C[C@@H]1OC(C)=O. The van der Waals surface area contributed by atoms with Gasteiger partial charge < -0.3 is 24.2 Å². The average molecular weight is 501 g/mol. The van der Waals surface area contributed by atoms with Crippen molar-refractivity contribution in [3.05, 3.63) is 59.9 Å². The van der Waals surface area contributed by atoms with Crippen LogP contribution in [0.1, 0.15) is 50.6 Å². The Kier molecular flexibility index (Phi) is 10.1. The highest BCUT2D eigenvalue weighted by Crippen LogP contribution is 2.20. The van der Waals surface area contributed by atoms with Crippen molar-refractivity contribution in [2.75, 3.05) is 13.2 Å². The van der Waals surface area contributed by atoms with Crippen molar-refractivity contribution in [2.45, 2.75) is 64.1 Å². The highest BCUT2D eigenvalue weighted by molar-refractivity contribution is 5.67. The number of benzene rings is 1. The van der Waals surface area contributed by atoms with Gasteiger partial charge >= 0.3 is 11.9 Å². The second-order valence-electron chi connectivity index (χ2n) is 8.40. The van der Waals surface area contributed by atoms with Crippen LogP contribution in [-0.2, 0) is 35.1 Å². The average Bonchev–Trinajstić information content (AvgIpc) is 3.35. The number of hydrogen-bond donors (Lipinski definition) is 1. The van der Waals surface area contributed by atoms with Crippen LogP contribution in [0.5, 0.6) is 0 Å². The molecule has 0 bridgehead atoms. The van der Waals surface area contributed by atoms with E-state index in [1.807, 2.05) is 30.3 Å². The molecule has 5 atom stereocenters. The molecule has 0 aliphatic carbocycles. The Balaban J connectivity index is 1.51. The molecule has 2 heterocycles. The molecule has 1 aromatic carbocycles. The number of rotatable bonds is 12. The number of carbonyl (C=O) groups is 2. The van der Waals surface area contributed by atoms with Crippen LogP contribution in [0.15, 0.2) is 53.8 Å². The van der Waals surface area contributed by atoms with Gasteiger partial charge in [0.05, 0.1) is 24.9 Å². The van der Waals surface area contributed by atoms with E-state index in [1.54, 1.807) is 36.2 Å². The van der Waals surface area contributed by atoms with Gasteiger partial charge in [-0.05, 0) is 25.0 Å². The minimum atomic E-state index is -0.640. The molecule has 194 valence electrons. The first-order valence-corrected chi connectivity index (χ1v) is 11.7. The monoisotopic (exact) mass is 500 g/mol. The maximum Gasteiger partial charge on any atom is 0.303 e. The molecule has 2 aromatic rings. The Bertz CT molecular complexity index is 1040. The lowest BCUT2D eigenvalue weighted by atomic mass is 10.1. The van der Waals surface area contributed by atoms with Gasteiger partial charge in [0.25, 0.3) is 0 Å². The van der Waals surface area contributed by atoms with Crippen molar-refractivity contribution in [3.8, 4) is 0 Å². The minimum Gasteiger partial charge on any atom is -0.463 e. The lowest BCUT2D eigenvalue weighted by molar-refractivity contribution is -0.163. The molecule has 0 saturated heterocycles. The summed E-state index contributed by atoms with van der Waals surface area (Å²) in [5, 5.41) is 22.1. The molecular formula is C25H32N4O7. The quantitative estimate of drug-likeness (QED) is 0.202. The molecule has 1 aliphatic rings. The summed E-state index contributed by atoms with van der Waals surface area (Å²) in [5.41, 5.74) is 1.67. The summed E-state index contributed by atoms with van der Waals surface area (Å²) in [5.74, 6) is -0.900. The number of hydrogen-bond acceptors (Lipinski definition) is 10. The maximum absolute atomic E-state index is 11.3. The van der Waals surface area contributed by atoms with E-state index in [0.29, 0.717) is 18.5 Å². The minimum absolute atomic E-state index is 0.0342. The predicted molar refractivity (Wildman–Crippen MR) is 129 cm³/mol. The van der Waals surface area contributed by atoms with Crippen molar-refractivity contribution in [1.29, 1.82) is 0 Å². The van der Waals surface area contributed by atoms with Crippen molar-refractivity contribution in [1.82, 2.24) is 15.0 Å². The summed E-state index contributed by atoms with van der Waals surface area (Å²) >= 11 is 0. The Morgan fingerprint density at radius 3 is 2.69 bits per heavy atom. The van der Waals surface area contributed by atoms with Gasteiger partial charge in [-0.2, -0.15) is 0 Å². The van der Waals surface area contributed by atoms with Crippen LogP contribution in [-0.4, -0.2) is 69.8 Å². The Morgan fingerprint density at radius 2 is 2.00 bits per heavy atom. The van der Waals surface area contributed by atoms with Gasteiger partial charge in [0.15, 0.2) is 6.10 Å². The number of ether oxygens (including phenoxy) is 3. The van der Waals surface area contributed by atoms with Crippen LogP contribution in [0, 0.1) is 0 Å². The second kappa shape index (κ2) is 13.5. The highest BCUT2D eigenvalue weighted by Gasteiger charge is 2.30. The first-order valence-electron chi connectivity index (χ1n) is 11.7. The van der Waals surface area contributed by atoms with Crippen LogP contribution in [0.4, 0.5) is 0 Å². The van der Waals surface area contributed by atoms with E-state index in [9.17, 15) is 14.7 Å². The third kappa shape index (κ3) is 8.28. The molecule has 0 spiro atoms. The Labute approximate surface area is 209 Å². The molecule has 1 aliphatic heterocycles. The van der Waals surface area contributed by atoms with Crippen molar-refractivity contribution < 1.29 is 33.7 Å². The molecule has 3 rings (SSSR count). The van der Waals surface area contributed by atoms with Gasteiger partial charge in [-0.15, -0.1) is 5.10 Å². The van der Waals surface area contributed by atoms with Gasteiger partial charge in [-0.3, -0.25) is 9.59 Å². The third-order valence-electron chi connectivity index (χ3n) is 5.46. The molecule has 0 saturated carbocycles. The topological polar surface area (TPSA) is 134 Å². The van der Waals surface area contributed by atoms with Crippen molar-refractivity contribution in [2.24, 2.45) is 5.16 Å². The number of aromatic nitrogens is 3. The zero-order valence-electron chi connectivity index (χ0n) is 20.6. The summed E-state index contributed by atoms with van der Waals surface area (Å²) in [6.07, 6.45) is 5.73. The molecule has 0 amide bonds. The largest absolute Gasteiger partial charge is 0.463 e. The summed E-state index contributed by atoms with van der Waals surface area (Å²) in [4.78, 5) is 28.0. The third-order valence-corrected chi connectivity index (χ3v) is 5.46. The second-order valence-corrected chi connectivity index (χ2v) is 8.40. The van der Waals surface area contributed by atoms with Gasteiger partial charge in [0, 0.05) is 26.5 Å². The number of aliphatic hydroxyl groups is 1. The van der Waals surface area contributed by atoms with E-state index in [2.05, 4.69) is 15.5 Å².